The van der Waals surface area contributed by atoms with E-state index in [2.05, 4.69) is 4.98 Å². The van der Waals surface area contributed by atoms with Crippen LogP contribution in [-0.4, -0.2) is 33.4 Å². The molecule has 1 heterocycles. The van der Waals surface area contributed by atoms with E-state index in [0.717, 1.165) is 12.8 Å². The number of carbonyl (C=O) groups excluding carboxylic acids is 1. The number of imidazole rings is 1. The molecule has 13 heavy (non-hydrogen) atoms. The van der Waals surface area contributed by atoms with Crippen molar-refractivity contribution in [3.8, 4) is 0 Å². The third kappa shape index (κ3) is 1.43. The number of rotatable bonds is 2. The van der Waals surface area contributed by atoms with Gasteiger partial charge in [-0.1, -0.05) is 0 Å². The molecule has 1 aromatic rings. The molecule has 0 radical (unpaired) electrons. The van der Waals surface area contributed by atoms with Crippen LogP contribution in [0.2, 0.25) is 0 Å². The highest BCUT2D eigenvalue weighted by atomic mass is 16.2. The lowest BCUT2D eigenvalue weighted by Crippen LogP contribution is -2.30. The van der Waals surface area contributed by atoms with Crippen LogP contribution in [0.1, 0.15) is 23.3 Å². The van der Waals surface area contributed by atoms with E-state index < -0.39 is 0 Å². The topological polar surface area (TPSA) is 38.1 Å². The van der Waals surface area contributed by atoms with Crippen molar-refractivity contribution in [2.24, 2.45) is 7.05 Å². The first-order valence-corrected chi connectivity index (χ1v) is 4.43. The zero-order chi connectivity index (χ0) is 9.42. The molecule has 4 heteroatoms. The quantitative estimate of drug-likeness (QED) is 0.668. The summed E-state index contributed by atoms with van der Waals surface area (Å²) in [5.41, 5.74) is 0.661. The van der Waals surface area contributed by atoms with Crippen molar-refractivity contribution in [2.45, 2.75) is 18.9 Å². The van der Waals surface area contributed by atoms with Crippen molar-refractivity contribution in [3.63, 3.8) is 0 Å². The van der Waals surface area contributed by atoms with E-state index >= 15 is 0 Å². The summed E-state index contributed by atoms with van der Waals surface area (Å²) in [5.74, 6) is 0.0718. The first-order chi connectivity index (χ1) is 6.20. The molecule has 4 nitrogen and oxygen atoms in total. The molecule has 0 saturated heterocycles. The molecule has 1 saturated carbocycles. The van der Waals surface area contributed by atoms with E-state index in [1.807, 2.05) is 14.1 Å². The van der Waals surface area contributed by atoms with Crippen LogP contribution in [0.3, 0.4) is 0 Å². The molecular formula is C9H13N3O. The third-order valence-electron chi connectivity index (χ3n) is 2.45. The maximum absolute atomic E-state index is 11.8. The molecule has 0 bridgehead atoms. The van der Waals surface area contributed by atoms with E-state index in [9.17, 15) is 4.79 Å². The van der Waals surface area contributed by atoms with E-state index in [0.29, 0.717) is 11.7 Å². The van der Waals surface area contributed by atoms with Crippen molar-refractivity contribution in [3.05, 3.63) is 18.2 Å². The monoisotopic (exact) mass is 179 g/mol. The van der Waals surface area contributed by atoms with Crippen molar-refractivity contribution in [1.29, 1.82) is 0 Å². The van der Waals surface area contributed by atoms with Crippen LogP contribution in [0.4, 0.5) is 0 Å². The van der Waals surface area contributed by atoms with Gasteiger partial charge in [0.2, 0.25) is 0 Å². The Morgan fingerprint density at radius 3 is 2.85 bits per heavy atom. The number of carbonyl (C=O) groups is 1. The molecule has 0 atom stereocenters. The molecule has 0 aliphatic heterocycles. The van der Waals surface area contributed by atoms with E-state index in [-0.39, 0.29) is 5.91 Å². The summed E-state index contributed by atoms with van der Waals surface area (Å²) in [5, 5.41) is 0. The first kappa shape index (κ1) is 8.29. The second kappa shape index (κ2) is 2.87. The normalized spacial score (nSPS) is 15.8. The maximum Gasteiger partial charge on any atom is 0.272 e. The van der Waals surface area contributed by atoms with Crippen LogP contribution in [-0.2, 0) is 7.05 Å². The SMILES string of the molecule is CN(C(=O)c1cncn1C)C1CC1. The number of aromatic nitrogens is 2. The zero-order valence-corrected chi connectivity index (χ0v) is 7.90. The zero-order valence-electron chi connectivity index (χ0n) is 7.90. The molecule has 1 aliphatic carbocycles. The van der Waals surface area contributed by atoms with Crippen LogP contribution >= 0.6 is 0 Å². The molecule has 1 fully saturated rings. The second-order valence-corrected chi connectivity index (χ2v) is 3.54. The summed E-state index contributed by atoms with van der Waals surface area (Å²) in [4.78, 5) is 17.5. The minimum Gasteiger partial charge on any atom is -0.337 e. The van der Waals surface area contributed by atoms with Gasteiger partial charge in [-0.2, -0.15) is 0 Å². The third-order valence-corrected chi connectivity index (χ3v) is 2.45. The summed E-state index contributed by atoms with van der Waals surface area (Å²) in [6.07, 6.45) is 5.54. The summed E-state index contributed by atoms with van der Waals surface area (Å²) >= 11 is 0. The van der Waals surface area contributed by atoms with E-state index in [4.69, 9.17) is 0 Å². The molecule has 1 aliphatic rings. The average molecular weight is 179 g/mol. The maximum atomic E-state index is 11.8. The first-order valence-electron chi connectivity index (χ1n) is 4.43. The molecule has 0 aromatic carbocycles. The van der Waals surface area contributed by atoms with Crippen LogP contribution in [0, 0.1) is 0 Å². The minimum absolute atomic E-state index is 0.0718. The average Bonchev–Trinajstić information content (AvgIpc) is 2.87. The van der Waals surface area contributed by atoms with Crippen molar-refractivity contribution in [2.75, 3.05) is 7.05 Å². The van der Waals surface area contributed by atoms with Gasteiger partial charge in [-0.3, -0.25) is 4.79 Å². The number of amides is 1. The Morgan fingerprint density at radius 1 is 1.69 bits per heavy atom. The molecule has 1 aromatic heterocycles. The van der Waals surface area contributed by atoms with Gasteiger partial charge in [-0.25, -0.2) is 4.98 Å². The van der Waals surface area contributed by atoms with Gasteiger partial charge < -0.3 is 9.47 Å². The number of nitrogens with zero attached hydrogens (tertiary/aromatic N) is 3. The van der Waals surface area contributed by atoms with Crippen LogP contribution in [0.25, 0.3) is 0 Å². The van der Waals surface area contributed by atoms with Crippen LogP contribution in [0.5, 0.6) is 0 Å². The van der Waals surface area contributed by atoms with Crippen LogP contribution < -0.4 is 0 Å². The van der Waals surface area contributed by atoms with Gasteiger partial charge in [-0.15, -0.1) is 0 Å². The Balaban J connectivity index is 2.16. The summed E-state index contributed by atoms with van der Waals surface area (Å²) in [7, 11) is 3.69. The summed E-state index contributed by atoms with van der Waals surface area (Å²) < 4.78 is 1.75. The fraction of sp³-hybridized carbons (Fsp3) is 0.556. The predicted molar refractivity (Wildman–Crippen MR) is 48.3 cm³/mol. The minimum atomic E-state index is 0.0718. The highest BCUT2D eigenvalue weighted by Crippen LogP contribution is 2.26. The second-order valence-electron chi connectivity index (χ2n) is 3.54. The van der Waals surface area contributed by atoms with E-state index in [1.165, 1.54) is 0 Å². The van der Waals surface area contributed by atoms with Gasteiger partial charge in [-0.05, 0) is 12.8 Å². The lowest BCUT2D eigenvalue weighted by atomic mass is 10.4. The lowest BCUT2D eigenvalue weighted by molar-refractivity contribution is 0.0775. The molecule has 0 N–H and O–H groups in total. The molecule has 1 amide bonds. The Hall–Kier alpha value is -1.32. The lowest BCUT2D eigenvalue weighted by Gasteiger charge is -2.15. The van der Waals surface area contributed by atoms with Crippen molar-refractivity contribution >= 4 is 5.91 Å². The fourth-order valence-electron chi connectivity index (χ4n) is 1.37. The Labute approximate surface area is 77.2 Å². The van der Waals surface area contributed by atoms with Gasteiger partial charge in [0, 0.05) is 20.1 Å². The molecule has 70 valence electrons. The number of hydrogen-bond acceptors (Lipinski definition) is 2. The summed E-state index contributed by atoms with van der Waals surface area (Å²) in [6, 6.07) is 0.461. The van der Waals surface area contributed by atoms with Gasteiger partial charge in [0.1, 0.15) is 5.69 Å². The highest BCUT2D eigenvalue weighted by Gasteiger charge is 2.30. The van der Waals surface area contributed by atoms with Gasteiger partial charge in [0.15, 0.2) is 0 Å². The predicted octanol–water partition coefficient (Wildman–Crippen LogP) is 0.654. The van der Waals surface area contributed by atoms with Gasteiger partial charge in [0.05, 0.1) is 12.5 Å². The number of hydrogen-bond donors (Lipinski definition) is 0. The van der Waals surface area contributed by atoms with Gasteiger partial charge >= 0.3 is 0 Å². The standard InChI is InChI=1S/C9H13N3O/c1-11-6-10-5-8(11)9(13)12(2)7-3-4-7/h5-7H,3-4H2,1-2H3. The largest absolute Gasteiger partial charge is 0.337 e. The summed E-state index contributed by atoms with van der Waals surface area (Å²) in [6.45, 7) is 0. The Bertz CT molecular complexity index is 327. The smallest absolute Gasteiger partial charge is 0.272 e. The highest BCUT2D eigenvalue weighted by molar-refractivity contribution is 5.92. The molecule has 2 rings (SSSR count). The molecule has 0 spiro atoms. The van der Waals surface area contributed by atoms with Crippen molar-refractivity contribution < 1.29 is 4.79 Å². The molecular weight excluding hydrogens is 166 g/mol. The fourth-order valence-corrected chi connectivity index (χ4v) is 1.37. The van der Waals surface area contributed by atoms with Gasteiger partial charge in [0.25, 0.3) is 5.91 Å². The Morgan fingerprint density at radius 2 is 2.38 bits per heavy atom. The van der Waals surface area contributed by atoms with E-state index in [1.54, 1.807) is 22.0 Å². The number of aryl methyl sites for hydroxylation is 1. The van der Waals surface area contributed by atoms with Crippen LogP contribution in [0.15, 0.2) is 12.5 Å². The Kier molecular flexibility index (Phi) is 1.83. The van der Waals surface area contributed by atoms with Crippen molar-refractivity contribution in [1.82, 2.24) is 14.5 Å². The molecule has 0 unspecified atom stereocenters.